The normalized spacial score (nSPS) is 30.8. The minimum absolute atomic E-state index is 0.481. The Balaban J connectivity index is 1.65. The largest absolute Gasteiger partial charge is 0.310 e. The van der Waals surface area contributed by atoms with Crippen molar-refractivity contribution in [2.75, 3.05) is 32.4 Å². The molecule has 1 N–H and O–H groups in total. The van der Waals surface area contributed by atoms with Crippen LogP contribution in [0.2, 0.25) is 0 Å². The molecule has 3 aliphatic rings. The summed E-state index contributed by atoms with van der Waals surface area (Å²) in [5.74, 6) is 0. The van der Waals surface area contributed by atoms with E-state index in [1.54, 1.807) is 0 Å². The Morgan fingerprint density at radius 1 is 1.00 bits per heavy atom. The second-order valence-corrected chi connectivity index (χ2v) is 8.35. The maximum Gasteiger partial charge on any atom is 0.0308 e. The predicted molar refractivity (Wildman–Crippen MR) is 85.0 cm³/mol. The van der Waals surface area contributed by atoms with Crippen molar-refractivity contribution in [3.8, 4) is 0 Å². The van der Waals surface area contributed by atoms with Crippen LogP contribution in [0, 0.1) is 0 Å². The molecule has 19 heavy (non-hydrogen) atoms. The van der Waals surface area contributed by atoms with Crippen LogP contribution in [0.5, 0.6) is 0 Å². The lowest BCUT2D eigenvalue weighted by Crippen LogP contribution is -2.51. The van der Waals surface area contributed by atoms with Crippen LogP contribution in [0.3, 0.4) is 0 Å². The van der Waals surface area contributed by atoms with Gasteiger partial charge < -0.3 is 10.2 Å². The molecule has 2 aliphatic carbocycles. The molecule has 3 heteroatoms. The Morgan fingerprint density at radius 3 is 2.37 bits per heavy atom. The van der Waals surface area contributed by atoms with Gasteiger partial charge >= 0.3 is 0 Å². The summed E-state index contributed by atoms with van der Waals surface area (Å²) in [7, 11) is 0. The highest BCUT2D eigenvalue weighted by Crippen LogP contribution is 2.41. The van der Waals surface area contributed by atoms with Crippen LogP contribution in [0.4, 0.5) is 0 Å². The van der Waals surface area contributed by atoms with Crippen LogP contribution in [-0.4, -0.2) is 47.6 Å². The Kier molecular flexibility index (Phi) is 4.45. The summed E-state index contributed by atoms with van der Waals surface area (Å²) >= 11 is 2.15. The molecule has 110 valence electrons. The summed E-state index contributed by atoms with van der Waals surface area (Å²) in [6, 6.07) is 0. The molecule has 0 amide bonds. The fraction of sp³-hybridized carbons (Fsp3) is 1.00. The summed E-state index contributed by atoms with van der Waals surface area (Å²) in [5, 5.41) is 3.89. The summed E-state index contributed by atoms with van der Waals surface area (Å²) in [6.07, 6.45) is 15.2. The molecular formula is C16H30N2S. The molecule has 2 saturated carbocycles. The molecule has 0 atom stereocenters. The van der Waals surface area contributed by atoms with Crippen molar-refractivity contribution in [1.82, 2.24) is 10.2 Å². The first kappa shape index (κ1) is 14.2. The summed E-state index contributed by atoms with van der Waals surface area (Å²) in [5.41, 5.74) is 0.481. The van der Waals surface area contributed by atoms with Gasteiger partial charge in [0.05, 0.1) is 0 Å². The highest BCUT2D eigenvalue weighted by atomic mass is 32.2. The highest BCUT2D eigenvalue weighted by molar-refractivity contribution is 8.00. The Hall–Kier alpha value is 0.270. The van der Waals surface area contributed by atoms with Crippen LogP contribution >= 0.6 is 11.8 Å². The first-order valence-corrected chi connectivity index (χ1v) is 9.51. The molecule has 0 aromatic heterocycles. The standard InChI is InChI=1S/C16H30N2S/c1-19-16(9-4-5-10-16)14-18-12-6-11-17-15(13-18)7-2-3-8-15/h17H,2-14H2,1H3. The summed E-state index contributed by atoms with van der Waals surface area (Å²) in [6.45, 7) is 5.22. The molecule has 1 saturated heterocycles. The maximum absolute atomic E-state index is 3.89. The molecule has 0 aromatic rings. The van der Waals surface area contributed by atoms with Gasteiger partial charge in [-0.3, -0.25) is 0 Å². The van der Waals surface area contributed by atoms with Gasteiger partial charge in [-0.15, -0.1) is 0 Å². The second-order valence-electron chi connectivity index (χ2n) is 7.07. The molecule has 3 fully saturated rings. The molecule has 0 aromatic carbocycles. The van der Waals surface area contributed by atoms with Crippen molar-refractivity contribution in [1.29, 1.82) is 0 Å². The zero-order valence-electron chi connectivity index (χ0n) is 12.5. The summed E-state index contributed by atoms with van der Waals surface area (Å²) < 4.78 is 0.587. The van der Waals surface area contributed by atoms with Gasteiger partial charge in [-0.1, -0.05) is 25.7 Å². The van der Waals surface area contributed by atoms with Gasteiger partial charge in [0.15, 0.2) is 0 Å². The van der Waals surface area contributed by atoms with Crippen molar-refractivity contribution in [2.45, 2.75) is 68.1 Å². The van der Waals surface area contributed by atoms with Crippen LogP contribution < -0.4 is 5.32 Å². The molecule has 1 aliphatic heterocycles. The van der Waals surface area contributed by atoms with E-state index in [-0.39, 0.29) is 0 Å². The van der Waals surface area contributed by atoms with Crippen LogP contribution in [0.1, 0.15) is 57.8 Å². The number of nitrogens with one attached hydrogen (secondary N) is 1. The molecule has 0 unspecified atom stereocenters. The average molecular weight is 282 g/mol. The Bertz CT molecular complexity index is 293. The lowest BCUT2D eigenvalue weighted by Gasteiger charge is -2.38. The van der Waals surface area contributed by atoms with E-state index in [1.165, 1.54) is 84.0 Å². The van der Waals surface area contributed by atoms with Crippen molar-refractivity contribution in [3.05, 3.63) is 0 Å². The van der Waals surface area contributed by atoms with Crippen LogP contribution in [-0.2, 0) is 0 Å². The number of hydrogen-bond acceptors (Lipinski definition) is 3. The first-order chi connectivity index (χ1) is 9.26. The fourth-order valence-electron chi connectivity index (χ4n) is 4.59. The molecule has 3 rings (SSSR count). The number of hydrogen-bond donors (Lipinski definition) is 1. The molecule has 1 spiro atoms. The Morgan fingerprint density at radius 2 is 1.68 bits per heavy atom. The van der Waals surface area contributed by atoms with Gasteiger partial charge in [0.1, 0.15) is 0 Å². The lowest BCUT2D eigenvalue weighted by atomic mass is 9.96. The van der Waals surface area contributed by atoms with E-state index in [4.69, 9.17) is 0 Å². The minimum atomic E-state index is 0.481. The van der Waals surface area contributed by atoms with E-state index >= 15 is 0 Å². The van der Waals surface area contributed by atoms with Crippen LogP contribution in [0.25, 0.3) is 0 Å². The lowest BCUT2D eigenvalue weighted by molar-refractivity contribution is 0.194. The third kappa shape index (κ3) is 3.14. The SMILES string of the molecule is CSC1(CN2CCCNC3(CCCC3)C2)CCCC1. The van der Waals surface area contributed by atoms with E-state index in [9.17, 15) is 0 Å². The van der Waals surface area contributed by atoms with E-state index in [0.717, 1.165) is 0 Å². The third-order valence-electron chi connectivity index (χ3n) is 5.70. The number of nitrogens with zero attached hydrogens (tertiary/aromatic N) is 1. The molecular weight excluding hydrogens is 252 g/mol. The van der Waals surface area contributed by atoms with Crippen molar-refractivity contribution >= 4 is 11.8 Å². The quantitative estimate of drug-likeness (QED) is 0.855. The minimum Gasteiger partial charge on any atom is -0.310 e. The first-order valence-electron chi connectivity index (χ1n) is 8.29. The summed E-state index contributed by atoms with van der Waals surface area (Å²) in [4.78, 5) is 2.81. The molecule has 2 nitrogen and oxygen atoms in total. The van der Waals surface area contributed by atoms with Crippen molar-refractivity contribution in [3.63, 3.8) is 0 Å². The maximum atomic E-state index is 3.89. The van der Waals surface area contributed by atoms with Crippen molar-refractivity contribution < 1.29 is 0 Å². The monoisotopic (exact) mass is 282 g/mol. The van der Waals surface area contributed by atoms with Gasteiger partial charge in [-0.25, -0.2) is 0 Å². The van der Waals surface area contributed by atoms with Gasteiger partial charge in [0.2, 0.25) is 0 Å². The zero-order valence-corrected chi connectivity index (χ0v) is 13.4. The number of thioether (sulfide) groups is 1. The van der Waals surface area contributed by atoms with Crippen molar-refractivity contribution in [2.24, 2.45) is 0 Å². The van der Waals surface area contributed by atoms with E-state index in [2.05, 4.69) is 28.2 Å². The van der Waals surface area contributed by atoms with Gasteiger partial charge in [-0.05, 0) is 51.4 Å². The topological polar surface area (TPSA) is 15.3 Å². The Labute approximate surface area is 123 Å². The van der Waals surface area contributed by atoms with E-state index in [0.29, 0.717) is 10.3 Å². The molecule has 1 heterocycles. The van der Waals surface area contributed by atoms with Crippen LogP contribution in [0.15, 0.2) is 0 Å². The highest BCUT2D eigenvalue weighted by Gasteiger charge is 2.40. The van der Waals surface area contributed by atoms with E-state index in [1.807, 2.05) is 0 Å². The number of rotatable bonds is 3. The third-order valence-corrected chi connectivity index (χ3v) is 7.10. The van der Waals surface area contributed by atoms with E-state index < -0.39 is 0 Å². The second kappa shape index (κ2) is 5.95. The fourth-order valence-corrected chi connectivity index (χ4v) is 5.60. The zero-order chi connectivity index (χ0) is 13.2. The van der Waals surface area contributed by atoms with Gasteiger partial charge in [0, 0.05) is 23.4 Å². The molecule has 0 radical (unpaired) electrons. The smallest absolute Gasteiger partial charge is 0.0308 e. The predicted octanol–water partition coefficient (Wildman–Crippen LogP) is 3.27. The average Bonchev–Trinajstić information content (AvgIpc) is 3.00. The van der Waals surface area contributed by atoms with Gasteiger partial charge in [0.25, 0.3) is 0 Å². The van der Waals surface area contributed by atoms with Gasteiger partial charge in [-0.2, -0.15) is 11.8 Å². The molecule has 0 bridgehead atoms.